The quantitative estimate of drug-likeness (QED) is 0.484. The molecule has 0 aromatic rings. The molecule has 0 aromatic heterocycles. The van der Waals surface area contributed by atoms with Crippen molar-refractivity contribution in [1.29, 1.82) is 0 Å². The van der Waals surface area contributed by atoms with Gasteiger partial charge >= 0.3 is 11.9 Å². The Morgan fingerprint density at radius 1 is 1.00 bits per heavy atom. The molecule has 0 aliphatic heterocycles. The van der Waals surface area contributed by atoms with Crippen LogP contribution in [0, 0.1) is 0 Å². The Labute approximate surface area is 107 Å². The van der Waals surface area contributed by atoms with Crippen molar-refractivity contribution in [2.24, 2.45) is 0 Å². The number of hydrogen-bond acceptors (Lipinski definition) is 4. The molecule has 2 atom stereocenters. The van der Waals surface area contributed by atoms with Gasteiger partial charge in [-0.1, -0.05) is 39.0 Å². The summed E-state index contributed by atoms with van der Waals surface area (Å²) in [6, 6.07) is 0. The number of aliphatic hydroxyl groups is 1. The number of hydrogen-bond donors (Lipinski definition) is 3. The van der Waals surface area contributed by atoms with Crippen LogP contribution in [0.2, 0.25) is 0 Å². The summed E-state index contributed by atoms with van der Waals surface area (Å²) in [5.74, 6) is -3.05. The number of ether oxygens (including phenoxy) is 1. The van der Waals surface area contributed by atoms with E-state index in [1.54, 1.807) is 0 Å². The van der Waals surface area contributed by atoms with E-state index >= 15 is 0 Å². The molecule has 0 aliphatic carbocycles. The number of unbranched alkanes of at least 4 members (excludes halogenated alkanes) is 5. The Bertz CT molecular complexity index is 253. The molecule has 0 heterocycles. The summed E-state index contributed by atoms with van der Waals surface area (Å²) < 4.78 is 4.90. The molecule has 0 aromatic carbocycles. The van der Waals surface area contributed by atoms with Crippen molar-refractivity contribution in [3.05, 3.63) is 0 Å². The largest absolute Gasteiger partial charge is 0.479 e. The van der Waals surface area contributed by atoms with E-state index in [2.05, 4.69) is 6.92 Å². The van der Waals surface area contributed by atoms with Crippen LogP contribution in [-0.4, -0.2) is 46.1 Å². The molecule has 0 aliphatic rings. The Kier molecular flexibility index (Phi) is 9.22. The minimum Gasteiger partial charge on any atom is -0.479 e. The maximum atomic E-state index is 10.7. The molecule has 6 nitrogen and oxygen atoms in total. The molecule has 0 spiro atoms. The zero-order valence-electron chi connectivity index (χ0n) is 10.7. The summed E-state index contributed by atoms with van der Waals surface area (Å²) in [6.07, 6.45) is 2.38. The van der Waals surface area contributed by atoms with Crippen molar-refractivity contribution in [3.8, 4) is 0 Å². The molecule has 0 radical (unpaired) electrons. The highest BCUT2D eigenvalue weighted by molar-refractivity contribution is 5.83. The number of carboxylic acids is 2. The Balaban J connectivity index is 3.78. The lowest BCUT2D eigenvalue weighted by Gasteiger charge is -2.16. The van der Waals surface area contributed by atoms with Gasteiger partial charge in [-0.2, -0.15) is 0 Å². The van der Waals surface area contributed by atoms with Crippen LogP contribution in [0.15, 0.2) is 0 Å². The van der Waals surface area contributed by atoms with Crippen LogP contribution in [0.5, 0.6) is 0 Å². The molecule has 0 saturated carbocycles. The lowest BCUT2D eigenvalue weighted by atomic mass is 10.1. The number of rotatable bonds is 11. The highest BCUT2D eigenvalue weighted by Crippen LogP contribution is 2.07. The van der Waals surface area contributed by atoms with Crippen LogP contribution < -0.4 is 0 Å². The highest BCUT2D eigenvalue weighted by atomic mass is 16.5. The van der Waals surface area contributed by atoms with Gasteiger partial charge in [0.2, 0.25) is 0 Å². The zero-order chi connectivity index (χ0) is 14.0. The maximum absolute atomic E-state index is 10.7. The molecule has 0 saturated heterocycles. The normalized spacial score (nSPS) is 14.1. The zero-order valence-corrected chi connectivity index (χ0v) is 10.7. The molecule has 106 valence electrons. The predicted molar refractivity (Wildman–Crippen MR) is 64.4 cm³/mol. The third-order valence-corrected chi connectivity index (χ3v) is 2.58. The van der Waals surface area contributed by atoms with E-state index in [4.69, 9.17) is 20.1 Å². The van der Waals surface area contributed by atoms with Gasteiger partial charge in [-0.3, -0.25) is 0 Å². The van der Waals surface area contributed by atoms with Crippen molar-refractivity contribution in [3.63, 3.8) is 0 Å². The molecule has 3 N–H and O–H groups in total. The van der Waals surface area contributed by atoms with Gasteiger partial charge in [0.1, 0.15) is 0 Å². The minimum absolute atomic E-state index is 0.146. The van der Waals surface area contributed by atoms with Gasteiger partial charge in [-0.25, -0.2) is 9.59 Å². The summed E-state index contributed by atoms with van der Waals surface area (Å²) in [4.78, 5) is 21.2. The molecular weight excluding hydrogens is 240 g/mol. The second-order valence-corrected chi connectivity index (χ2v) is 4.18. The third-order valence-electron chi connectivity index (χ3n) is 2.58. The van der Waals surface area contributed by atoms with E-state index in [0.29, 0.717) is 6.42 Å². The number of carbonyl (C=O) groups is 2. The van der Waals surface area contributed by atoms with E-state index in [-0.39, 0.29) is 6.61 Å². The van der Waals surface area contributed by atoms with Gasteiger partial charge in [0.25, 0.3) is 0 Å². The second-order valence-electron chi connectivity index (χ2n) is 4.18. The smallest absolute Gasteiger partial charge is 0.336 e. The summed E-state index contributed by atoms with van der Waals surface area (Å²) in [7, 11) is 0. The van der Waals surface area contributed by atoms with Crippen molar-refractivity contribution < 1.29 is 29.6 Å². The Morgan fingerprint density at radius 2 is 1.56 bits per heavy atom. The van der Waals surface area contributed by atoms with Crippen LogP contribution >= 0.6 is 0 Å². The van der Waals surface area contributed by atoms with Crippen molar-refractivity contribution in [2.75, 3.05) is 6.61 Å². The second kappa shape index (κ2) is 9.85. The highest BCUT2D eigenvalue weighted by Gasteiger charge is 2.32. The first kappa shape index (κ1) is 16.9. The van der Waals surface area contributed by atoms with E-state index in [1.807, 2.05) is 0 Å². The topological polar surface area (TPSA) is 104 Å². The standard InChI is InChI=1S/C12H22O6/c1-2-3-4-5-6-7-8-18-10(12(16)17)9(13)11(14)15/h9-10,13H,2-8H2,1H3,(H,14,15)(H,16,17). The van der Waals surface area contributed by atoms with Crippen molar-refractivity contribution in [1.82, 2.24) is 0 Å². The van der Waals surface area contributed by atoms with Gasteiger partial charge in [0.15, 0.2) is 12.2 Å². The SMILES string of the molecule is CCCCCCCCOC(C(=O)O)C(O)C(=O)O. The lowest BCUT2D eigenvalue weighted by molar-refractivity contribution is -0.171. The molecule has 2 unspecified atom stereocenters. The molecule has 0 rings (SSSR count). The number of aliphatic carboxylic acids is 2. The predicted octanol–water partition coefficient (Wildman–Crippen LogP) is 1.26. The van der Waals surface area contributed by atoms with Gasteiger partial charge < -0.3 is 20.1 Å². The fourth-order valence-electron chi connectivity index (χ4n) is 1.52. The van der Waals surface area contributed by atoms with Crippen LogP contribution in [0.25, 0.3) is 0 Å². The molecule has 0 fully saturated rings. The first-order chi connectivity index (χ1) is 8.50. The van der Waals surface area contributed by atoms with E-state index in [1.165, 1.54) is 6.42 Å². The summed E-state index contributed by atoms with van der Waals surface area (Å²) >= 11 is 0. The lowest BCUT2D eigenvalue weighted by Crippen LogP contribution is -2.41. The average Bonchev–Trinajstić information content (AvgIpc) is 2.31. The Morgan fingerprint density at radius 3 is 2.06 bits per heavy atom. The monoisotopic (exact) mass is 262 g/mol. The Hall–Kier alpha value is -1.14. The summed E-state index contributed by atoms with van der Waals surface area (Å²) in [5, 5.41) is 26.3. The fraction of sp³-hybridized carbons (Fsp3) is 0.833. The van der Waals surface area contributed by atoms with Gasteiger partial charge in [0.05, 0.1) is 0 Å². The average molecular weight is 262 g/mol. The van der Waals surface area contributed by atoms with E-state index in [0.717, 1.165) is 25.7 Å². The van der Waals surface area contributed by atoms with E-state index in [9.17, 15) is 9.59 Å². The third kappa shape index (κ3) is 7.24. The van der Waals surface area contributed by atoms with Crippen LogP contribution in [0.1, 0.15) is 45.4 Å². The fourth-order valence-corrected chi connectivity index (χ4v) is 1.52. The van der Waals surface area contributed by atoms with Gasteiger partial charge in [-0.05, 0) is 6.42 Å². The molecule has 6 heteroatoms. The van der Waals surface area contributed by atoms with Crippen LogP contribution in [0.4, 0.5) is 0 Å². The molecule has 18 heavy (non-hydrogen) atoms. The first-order valence-corrected chi connectivity index (χ1v) is 6.26. The van der Waals surface area contributed by atoms with Crippen molar-refractivity contribution in [2.45, 2.75) is 57.7 Å². The van der Waals surface area contributed by atoms with Crippen LogP contribution in [-0.2, 0) is 14.3 Å². The minimum atomic E-state index is -2.03. The van der Waals surface area contributed by atoms with Crippen LogP contribution in [0.3, 0.4) is 0 Å². The summed E-state index contributed by atoms with van der Waals surface area (Å²) in [5.41, 5.74) is 0. The van der Waals surface area contributed by atoms with Gasteiger partial charge in [-0.15, -0.1) is 0 Å². The summed E-state index contributed by atoms with van der Waals surface area (Å²) in [6.45, 7) is 2.27. The van der Waals surface area contributed by atoms with E-state index < -0.39 is 24.1 Å². The maximum Gasteiger partial charge on any atom is 0.336 e. The number of carboxylic acid groups (broad SMARTS) is 2. The van der Waals surface area contributed by atoms with Gasteiger partial charge in [0, 0.05) is 6.61 Å². The molecule has 0 amide bonds. The molecule has 0 bridgehead atoms. The first-order valence-electron chi connectivity index (χ1n) is 6.26. The number of aliphatic hydroxyl groups excluding tert-OH is 1. The molecular formula is C12H22O6. The van der Waals surface area contributed by atoms with Crippen molar-refractivity contribution >= 4 is 11.9 Å².